The molecule has 18 heavy (non-hydrogen) atoms. The van der Waals surface area contributed by atoms with Crippen molar-refractivity contribution in [3.63, 3.8) is 0 Å². The van der Waals surface area contributed by atoms with Crippen LogP contribution in [0.3, 0.4) is 0 Å². The van der Waals surface area contributed by atoms with E-state index >= 15 is 0 Å². The number of anilines is 1. The summed E-state index contributed by atoms with van der Waals surface area (Å²) in [5.74, 6) is -0.112. The van der Waals surface area contributed by atoms with Crippen molar-refractivity contribution >= 4 is 34.0 Å². The molecule has 6 nitrogen and oxygen atoms in total. The highest BCUT2D eigenvalue weighted by Crippen LogP contribution is 2.35. The van der Waals surface area contributed by atoms with Crippen LogP contribution >= 0.6 is 11.6 Å². The number of hydrogen-bond acceptors (Lipinski definition) is 4. The van der Waals surface area contributed by atoms with E-state index in [1.54, 1.807) is 0 Å². The van der Waals surface area contributed by atoms with Crippen LogP contribution in [0.4, 0.5) is 20.3 Å². The third-order valence-corrected chi connectivity index (χ3v) is 2.67. The minimum Gasteiger partial charge on any atom is -0.382 e. The van der Waals surface area contributed by atoms with Crippen molar-refractivity contribution in [3.8, 4) is 0 Å². The maximum atomic E-state index is 12.4. The number of nitro groups is 1. The van der Waals surface area contributed by atoms with Crippen LogP contribution < -0.4 is 5.73 Å². The number of non-ortho nitro benzene ring substituents is 1. The Labute approximate surface area is 104 Å². The number of nitrogens with two attached hydrogens (primary N) is 1. The zero-order valence-electron chi connectivity index (χ0n) is 8.81. The Balaban J connectivity index is 2.80. The van der Waals surface area contributed by atoms with Crippen molar-refractivity contribution in [2.45, 2.75) is 13.0 Å². The minimum atomic E-state index is -2.70. The maximum Gasteiger partial charge on any atom is 0.295 e. The quantitative estimate of drug-likeness (QED) is 0.689. The lowest BCUT2D eigenvalue weighted by Crippen LogP contribution is -2.09. The Bertz CT molecular complexity index is 629. The zero-order valence-corrected chi connectivity index (χ0v) is 9.56. The van der Waals surface area contributed by atoms with E-state index in [0.29, 0.717) is 0 Å². The molecule has 0 spiro atoms. The van der Waals surface area contributed by atoms with Gasteiger partial charge in [-0.2, -0.15) is 5.10 Å². The first-order chi connectivity index (χ1) is 8.41. The highest BCUT2D eigenvalue weighted by atomic mass is 35.5. The van der Waals surface area contributed by atoms with Crippen LogP contribution in [0.25, 0.3) is 10.9 Å². The van der Waals surface area contributed by atoms with Crippen LogP contribution in [0.5, 0.6) is 0 Å². The zero-order chi connectivity index (χ0) is 13.4. The highest BCUT2D eigenvalue weighted by molar-refractivity contribution is 6.36. The molecule has 2 N–H and O–H groups in total. The third-order valence-electron chi connectivity index (χ3n) is 2.36. The van der Waals surface area contributed by atoms with E-state index in [-0.39, 0.29) is 27.4 Å². The van der Waals surface area contributed by atoms with E-state index in [9.17, 15) is 18.9 Å². The molecule has 96 valence electrons. The smallest absolute Gasteiger partial charge is 0.295 e. The van der Waals surface area contributed by atoms with Crippen LogP contribution in [0.1, 0.15) is 0 Å². The second-order valence-corrected chi connectivity index (χ2v) is 3.91. The topological polar surface area (TPSA) is 87.0 Å². The standard InChI is InChI=1S/C9H7ClF2N4O2/c10-4-1-2-5(16(17)18)8-7(4)9(13)14-15(8)3-6(11)12/h1-2,6H,3H2,(H2,13,14). The van der Waals surface area contributed by atoms with Gasteiger partial charge in [0.05, 0.1) is 15.3 Å². The highest BCUT2D eigenvalue weighted by Gasteiger charge is 2.23. The first kappa shape index (κ1) is 12.5. The van der Waals surface area contributed by atoms with Gasteiger partial charge in [0.1, 0.15) is 12.1 Å². The van der Waals surface area contributed by atoms with E-state index in [2.05, 4.69) is 5.10 Å². The van der Waals surface area contributed by atoms with E-state index in [0.717, 1.165) is 10.7 Å². The summed E-state index contributed by atoms with van der Waals surface area (Å²) >= 11 is 5.85. The molecule has 0 saturated carbocycles. The Kier molecular flexibility index (Phi) is 3.04. The molecule has 0 amide bonds. The molecule has 0 radical (unpaired) electrons. The van der Waals surface area contributed by atoms with Gasteiger partial charge in [-0.05, 0) is 6.07 Å². The average Bonchev–Trinajstić information content (AvgIpc) is 2.56. The first-order valence-electron chi connectivity index (χ1n) is 4.79. The van der Waals surface area contributed by atoms with Crippen LogP contribution in [0.2, 0.25) is 5.02 Å². The van der Waals surface area contributed by atoms with Gasteiger partial charge in [0, 0.05) is 6.07 Å². The van der Waals surface area contributed by atoms with E-state index in [1.165, 1.54) is 6.07 Å². The van der Waals surface area contributed by atoms with Gasteiger partial charge in [-0.25, -0.2) is 13.5 Å². The number of nitrogen functional groups attached to an aromatic ring is 1. The fourth-order valence-electron chi connectivity index (χ4n) is 1.70. The maximum absolute atomic E-state index is 12.4. The fourth-order valence-corrected chi connectivity index (χ4v) is 1.95. The Hall–Kier alpha value is -1.96. The second kappa shape index (κ2) is 4.37. The van der Waals surface area contributed by atoms with Gasteiger partial charge in [0.15, 0.2) is 5.82 Å². The summed E-state index contributed by atoms with van der Waals surface area (Å²) in [5, 5.41) is 14.8. The molecular weight excluding hydrogens is 270 g/mol. The third kappa shape index (κ3) is 1.94. The van der Waals surface area contributed by atoms with Gasteiger partial charge >= 0.3 is 0 Å². The number of halogens is 3. The number of benzene rings is 1. The van der Waals surface area contributed by atoms with Crippen LogP contribution in [-0.2, 0) is 6.54 Å². The van der Waals surface area contributed by atoms with Crippen molar-refractivity contribution in [2.75, 3.05) is 5.73 Å². The average molecular weight is 277 g/mol. The monoisotopic (exact) mass is 276 g/mol. The summed E-state index contributed by atoms with van der Waals surface area (Å²) in [4.78, 5) is 10.2. The van der Waals surface area contributed by atoms with Crippen molar-refractivity contribution in [2.24, 2.45) is 0 Å². The lowest BCUT2D eigenvalue weighted by Gasteiger charge is -2.03. The molecule has 0 aliphatic rings. The van der Waals surface area contributed by atoms with Crippen LogP contribution in [0, 0.1) is 10.1 Å². The molecule has 0 aliphatic carbocycles. The molecule has 0 fully saturated rings. The number of fused-ring (bicyclic) bond motifs is 1. The number of nitro benzene ring substituents is 1. The number of nitrogens with zero attached hydrogens (tertiary/aromatic N) is 3. The van der Waals surface area contributed by atoms with Crippen molar-refractivity contribution in [1.29, 1.82) is 0 Å². The molecule has 1 heterocycles. The molecular formula is C9H7ClF2N4O2. The van der Waals surface area contributed by atoms with Gasteiger partial charge in [-0.15, -0.1) is 0 Å². The van der Waals surface area contributed by atoms with Gasteiger partial charge in [0.25, 0.3) is 12.1 Å². The number of rotatable bonds is 3. The van der Waals surface area contributed by atoms with E-state index in [1.807, 2.05) is 0 Å². The van der Waals surface area contributed by atoms with Crippen LogP contribution in [-0.4, -0.2) is 21.1 Å². The van der Waals surface area contributed by atoms with Crippen molar-refractivity contribution < 1.29 is 13.7 Å². The van der Waals surface area contributed by atoms with Gasteiger partial charge in [-0.3, -0.25) is 10.1 Å². The molecule has 0 saturated heterocycles. The molecule has 1 aromatic carbocycles. The lowest BCUT2D eigenvalue weighted by atomic mass is 10.2. The summed E-state index contributed by atoms with van der Waals surface area (Å²) in [7, 11) is 0. The van der Waals surface area contributed by atoms with Gasteiger partial charge in [-0.1, -0.05) is 11.6 Å². The Morgan fingerprint density at radius 2 is 2.22 bits per heavy atom. The largest absolute Gasteiger partial charge is 0.382 e. The van der Waals surface area contributed by atoms with Crippen LogP contribution in [0.15, 0.2) is 12.1 Å². The minimum absolute atomic E-state index is 0.0923. The number of hydrogen-bond donors (Lipinski definition) is 1. The molecule has 0 unspecified atom stereocenters. The molecule has 0 atom stereocenters. The lowest BCUT2D eigenvalue weighted by molar-refractivity contribution is -0.383. The summed E-state index contributed by atoms with van der Waals surface area (Å²) in [6.07, 6.45) is -2.70. The molecule has 2 rings (SSSR count). The first-order valence-corrected chi connectivity index (χ1v) is 5.16. The number of alkyl halides is 2. The predicted octanol–water partition coefficient (Wildman–Crippen LogP) is 2.45. The second-order valence-electron chi connectivity index (χ2n) is 3.51. The molecule has 1 aromatic heterocycles. The van der Waals surface area contributed by atoms with Crippen molar-refractivity contribution in [3.05, 3.63) is 27.3 Å². The van der Waals surface area contributed by atoms with Crippen molar-refractivity contribution in [1.82, 2.24) is 9.78 Å². The SMILES string of the molecule is Nc1nn(CC(F)F)c2c([N+](=O)[O-])ccc(Cl)c12. The Morgan fingerprint density at radius 3 is 2.78 bits per heavy atom. The summed E-state index contributed by atoms with van der Waals surface area (Å²) in [6, 6.07) is 2.42. The Morgan fingerprint density at radius 1 is 1.56 bits per heavy atom. The summed E-state index contributed by atoms with van der Waals surface area (Å²) in [5.41, 5.74) is 5.08. The molecule has 0 bridgehead atoms. The molecule has 9 heteroatoms. The van der Waals surface area contributed by atoms with E-state index in [4.69, 9.17) is 17.3 Å². The normalized spacial score (nSPS) is 11.3. The summed E-state index contributed by atoms with van der Waals surface area (Å²) < 4.78 is 25.6. The number of aromatic nitrogens is 2. The molecule has 2 aromatic rings. The summed E-state index contributed by atoms with van der Waals surface area (Å²) in [6.45, 7) is -0.783. The fraction of sp³-hybridized carbons (Fsp3) is 0.222. The predicted molar refractivity (Wildman–Crippen MR) is 61.8 cm³/mol. The molecule has 0 aliphatic heterocycles. The van der Waals surface area contributed by atoms with Gasteiger partial charge < -0.3 is 5.73 Å². The van der Waals surface area contributed by atoms with E-state index < -0.39 is 17.9 Å². The van der Waals surface area contributed by atoms with Gasteiger partial charge in [0.2, 0.25) is 0 Å².